The maximum Gasteiger partial charge on any atom is 0.248 e. The summed E-state index contributed by atoms with van der Waals surface area (Å²) >= 11 is 0. The topological polar surface area (TPSA) is 96.2 Å². The molecule has 0 unspecified atom stereocenters. The van der Waals surface area contributed by atoms with Crippen molar-refractivity contribution in [1.29, 1.82) is 0 Å². The van der Waals surface area contributed by atoms with Crippen LogP contribution in [0.1, 0.15) is 49.9 Å². The van der Waals surface area contributed by atoms with Crippen molar-refractivity contribution in [1.82, 2.24) is 24.4 Å². The van der Waals surface area contributed by atoms with Gasteiger partial charge in [0, 0.05) is 48.2 Å². The fourth-order valence-electron chi connectivity index (χ4n) is 5.62. The van der Waals surface area contributed by atoms with E-state index in [0.29, 0.717) is 37.3 Å². The predicted octanol–water partition coefficient (Wildman–Crippen LogP) is 4.35. The highest BCUT2D eigenvalue weighted by Gasteiger charge is 2.25. The van der Waals surface area contributed by atoms with Crippen LogP contribution in [0.15, 0.2) is 42.6 Å². The second kappa shape index (κ2) is 8.92. The lowest BCUT2D eigenvalue weighted by atomic mass is 9.87. The number of nitrogens with one attached hydrogen (secondary N) is 1. The van der Waals surface area contributed by atoms with Crippen LogP contribution in [-0.2, 0) is 17.8 Å². The van der Waals surface area contributed by atoms with Gasteiger partial charge in [-0.15, -0.1) is 0 Å². The smallest absolute Gasteiger partial charge is 0.248 e. The Hall–Kier alpha value is -3.52. The van der Waals surface area contributed by atoms with Crippen molar-refractivity contribution in [2.45, 2.75) is 51.6 Å². The van der Waals surface area contributed by atoms with Gasteiger partial charge in [-0.2, -0.15) is 4.98 Å². The number of benzene rings is 1. The average molecular weight is 471 g/mol. The van der Waals surface area contributed by atoms with Gasteiger partial charge in [-0.25, -0.2) is 9.97 Å². The second-order valence-electron chi connectivity index (χ2n) is 9.88. The molecule has 1 aromatic carbocycles. The minimum absolute atomic E-state index is 0.248. The van der Waals surface area contributed by atoms with E-state index in [0.717, 1.165) is 28.2 Å². The number of pyridine rings is 1. The number of carbonyl (C=O) groups excluding carboxylic acids is 1. The molecule has 2 aliphatic rings. The summed E-state index contributed by atoms with van der Waals surface area (Å²) in [4.78, 5) is 27.9. The summed E-state index contributed by atoms with van der Waals surface area (Å²) in [5, 5.41) is 14.7. The van der Waals surface area contributed by atoms with Crippen LogP contribution in [0, 0.1) is 5.92 Å². The minimum Gasteiger partial charge on any atom is -0.387 e. The van der Waals surface area contributed by atoms with Gasteiger partial charge in [0.15, 0.2) is 0 Å². The van der Waals surface area contributed by atoms with Crippen LogP contribution in [0.4, 0.5) is 11.8 Å². The van der Waals surface area contributed by atoms with Gasteiger partial charge in [-0.1, -0.05) is 31.2 Å². The molecule has 4 heterocycles. The SMILES string of the molecule is C[C@H]1CC[C@H](n2c3ccccc3c3cnc(Nc4ccc5c(n4)CCN(C(=O)CO)C5)nc32)CC1. The molecule has 180 valence electrons. The molecule has 1 amide bonds. The van der Waals surface area contributed by atoms with Crippen molar-refractivity contribution in [3.63, 3.8) is 0 Å². The van der Waals surface area contributed by atoms with E-state index in [2.05, 4.69) is 46.1 Å². The van der Waals surface area contributed by atoms with E-state index in [-0.39, 0.29) is 5.91 Å². The molecule has 0 atom stereocenters. The first kappa shape index (κ1) is 22.0. The summed E-state index contributed by atoms with van der Waals surface area (Å²) in [5.41, 5.74) is 4.16. The molecule has 1 saturated carbocycles. The number of carbonyl (C=O) groups is 1. The number of aliphatic hydroxyl groups excluding tert-OH is 1. The zero-order valence-corrected chi connectivity index (χ0v) is 19.9. The van der Waals surface area contributed by atoms with Crippen molar-refractivity contribution >= 4 is 39.6 Å². The molecule has 1 aliphatic carbocycles. The monoisotopic (exact) mass is 470 g/mol. The zero-order chi connectivity index (χ0) is 23.9. The summed E-state index contributed by atoms with van der Waals surface area (Å²) in [5.74, 6) is 1.77. The molecule has 35 heavy (non-hydrogen) atoms. The number of aromatic nitrogens is 4. The van der Waals surface area contributed by atoms with E-state index >= 15 is 0 Å². The van der Waals surface area contributed by atoms with Crippen LogP contribution in [0.25, 0.3) is 21.9 Å². The van der Waals surface area contributed by atoms with Gasteiger partial charge in [0.25, 0.3) is 0 Å². The third-order valence-corrected chi connectivity index (χ3v) is 7.58. The number of fused-ring (bicyclic) bond motifs is 4. The normalized spacial score (nSPS) is 20.2. The highest BCUT2D eigenvalue weighted by Crippen LogP contribution is 2.38. The Balaban J connectivity index is 1.33. The molecule has 0 radical (unpaired) electrons. The molecule has 1 aliphatic heterocycles. The number of amides is 1. The third kappa shape index (κ3) is 4.01. The Labute approximate surface area is 204 Å². The quantitative estimate of drug-likeness (QED) is 0.460. The number of anilines is 2. The lowest BCUT2D eigenvalue weighted by Gasteiger charge is -2.28. The lowest BCUT2D eigenvalue weighted by molar-refractivity contribution is -0.135. The standard InChI is InChI=1S/C27H30N6O2/c1-17-6-9-19(10-7-17)33-23-5-3-2-4-20(23)21-14-28-27(31-26(21)33)30-24-11-8-18-15-32(25(35)16-34)13-12-22(18)29-24/h2-5,8,11,14,17,19,34H,6-7,9-10,12-13,15-16H2,1H3,(H,28,29,30,31)/t17-,19-. The van der Waals surface area contributed by atoms with Gasteiger partial charge in [-0.3, -0.25) is 4.79 Å². The second-order valence-corrected chi connectivity index (χ2v) is 9.88. The lowest BCUT2D eigenvalue weighted by Crippen LogP contribution is -2.37. The Morgan fingerprint density at radius 2 is 1.91 bits per heavy atom. The maximum atomic E-state index is 11.8. The molecule has 1 fully saturated rings. The van der Waals surface area contributed by atoms with Crippen molar-refractivity contribution in [3.8, 4) is 0 Å². The van der Waals surface area contributed by atoms with E-state index < -0.39 is 6.61 Å². The van der Waals surface area contributed by atoms with Crippen molar-refractivity contribution < 1.29 is 9.90 Å². The molecule has 6 rings (SSSR count). The molecule has 0 spiro atoms. The molecular weight excluding hydrogens is 440 g/mol. The highest BCUT2D eigenvalue weighted by atomic mass is 16.3. The fraction of sp³-hybridized carbons (Fsp3) is 0.407. The molecule has 4 aromatic rings. The van der Waals surface area contributed by atoms with Crippen molar-refractivity contribution in [2.24, 2.45) is 5.92 Å². The molecule has 3 aromatic heterocycles. The third-order valence-electron chi connectivity index (χ3n) is 7.58. The minimum atomic E-state index is -0.459. The first-order valence-electron chi connectivity index (χ1n) is 12.5. The molecule has 2 N–H and O–H groups in total. The van der Waals surface area contributed by atoms with E-state index in [1.807, 2.05) is 18.3 Å². The summed E-state index contributed by atoms with van der Waals surface area (Å²) in [7, 11) is 0. The Bertz CT molecular complexity index is 1410. The van der Waals surface area contributed by atoms with E-state index in [4.69, 9.17) is 15.1 Å². The number of aliphatic hydroxyl groups is 1. The van der Waals surface area contributed by atoms with Crippen LogP contribution < -0.4 is 5.32 Å². The van der Waals surface area contributed by atoms with E-state index in [1.54, 1.807) is 4.90 Å². The number of hydrogen-bond donors (Lipinski definition) is 2. The molecule has 8 heteroatoms. The van der Waals surface area contributed by atoms with Crippen LogP contribution in [0.2, 0.25) is 0 Å². The van der Waals surface area contributed by atoms with Gasteiger partial charge in [-0.05, 0) is 49.3 Å². The first-order valence-corrected chi connectivity index (χ1v) is 12.5. The fourth-order valence-corrected chi connectivity index (χ4v) is 5.62. The van der Waals surface area contributed by atoms with Crippen molar-refractivity contribution in [3.05, 3.63) is 53.9 Å². The van der Waals surface area contributed by atoms with Crippen LogP contribution in [0.5, 0.6) is 0 Å². The Morgan fingerprint density at radius 3 is 2.74 bits per heavy atom. The van der Waals surface area contributed by atoms with Crippen LogP contribution in [-0.4, -0.2) is 48.6 Å². The summed E-state index contributed by atoms with van der Waals surface area (Å²) in [6.45, 7) is 2.93. The van der Waals surface area contributed by atoms with E-state index in [1.165, 1.54) is 36.6 Å². The number of para-hydroxylation sites is 1. The summed E-state index contributed by atoms with van der Waals surface area (Å²) in [6, 6.07) is 12.9. The van der Waals surface area contributed by atoms with Gasteiger partial charge in [0.2, 0.25) is 11.9 Å². The highest BCUT2D eigenvalue weighted by molar-refractivity contribution is 6.06. The number of nitrogens with zero attached hydrogens (tertiary/aromatic N) is 5. The van der Waals surface area contributed by atoms with Gasteiger partial charge < -0.3 is 19.9 Å². The van der Waals surface area contributed by atoms with Gasteiger partial charge >= 0.3 is 0 Å². The average Bonchev–Trinajstić information content (AvgIpc) is 3.22. The maximum absolute atomic E-state index is 11.8. The summed E-state index contributed by atoms with van der Waals surface area (Å²) < 4.78 is 2.43. The summed E-state index contributed by atoms with van der Waals surface area (Å²) in [6.07, 6.45) is 7.41. The Kier molecular flexibility index (Phi) is 5.60. The van der Waals surface area contributed by atoms with Crippen LogP contribution in [0.3, 0.4) is 0 Å². The molecular formula is C27H30N6O2. The Morgan fingerprint density at radius 1 is 1.09 bits per heavy atom. The first-order chi connectivity index (χ1) is 17.1. The number of hydrogen-bond acceptors (Lipinski definition) is 6. The largest absolute Gasteiger partial charge is 0.387 e. The van der Waals surface area contributed by atoms with E-state index in [9.17, 15) is 4.79 Å². The zero-order valence-electron chi connectivity index (χ0n) is 19.9. The molecule has 0 saturated heterocycles. The van der Waals surface area contributed by atoms with Crippen LogP contribution >= 0.6 is 0 Å². The van der Waals surface area contributed by atoms with Gasteiger partial charge in [0.05, 0.1) is 5.52 Å². The predicted molar refractivity (Wildman–Crippen MR) is 135 cm³/mol. The van der Waals surface area contributed by atoms with Gasteiger partial charge in [0.1, 0.15) is 18.1 Å². The molecule has 0 bridgehead atoms. The van der Waals surface area contributed by atoms with Crippen molar-refractivity contribution in [2.75, 3.05) is 18.5 Å². The number of rotatable bonds is 4. The molecule has 8 nitrogen and oxygen atoms in total.